The molecule has 142 valence electrons. The second-order valence-electron chi connectivity index (χ2n) is 7.34. The molecule has 2 fully saturated rings. The van der Waals surface area contributed by atoms with Crippen molar-refractivity contribution < 1.29 is 9.53 Å². The van der Waals surface area contributed by atoms with Gasteiger partial charge in [0.25, 0.3) is 0 Å². The van der Waals surface area contributed by atoms with Gasteiger partial charge in [0.1, 0.15) is 0 Å². The van der Waals surface area contributed by atoms with Crippen molar-refractivity contribution in [2.75, 3.05) is 18.5 Å². The average Bonchev–Trinajstić information content (AvgIpc) is 3.20. The third-order valence-corrected chi connectivity index (χ3v) is 6.41. The second-order valence-corrected chi connectivity index (χ2v) is 8.15. The van der Waals surface area contributed by atoms with Gasteiger partial charge < -0.3 is 4.74 Å². The van der Waals surface area contributed by atoms with Gasteiger partial charge in [0.2, 0.25) is 0 Å². The predicted octanol–water partition coefficient (Wildman–Crippen LogP) is 5.45. The van der Waals surface area contributed by atoms with Crippen LogP contribution in [0.3, 0.4) is 0 Å². The molecule has 1 saturated heterocycles. The Morgan fingerprint density at radius 1 is 1.11 bits per heavy atom. The van der Waals surface area contributed by atoms with Crippen LogP contribution in [0.2, 0.25) is 10.0 Å². The van der Waals surface area contributed by atoms with Crippen molar-refractivity contribution in [3.63, 3.8) is 0 Å². The normalized spacial score (nSPS) is 24.1. The van der Waals surface area contributed by atoms with Crippen LogP contribution in [0.25, 0.3) is 0 Å². The first kappa shape index (κ1) is 18.6. The van der Waals surface area contributed by atoms with Crippen LogP contribution in [0.1, 0.15) is 18.4 Å². The molecule has 2 aromatic rings. The molecule has 6 heteroatoms. The SMILES string of the molecule is O=C(Nc1ccc(Cl)c(Cl)c1)OCC1C2CCC1N(Cc1ccccc1)C2. The predicted molar refractivity (Wildman–Crippen MR) is 108 cm³/mol. The number of carbonyl (C=O) groups excluding carboxylic acids is 1. The van der Waals surface area contributed by atoms with Gasteiger partial charge in [-0.05, 0) is 42.5 Å². The van der Waals surface area contributed by atoms with E-state index in [0.29, 0.717) is 40.2 Å². The summed E-state index contributed by atoms with van der Waals surface area (Å²) < 4.78 is 5.53. The molecule has 4 nitrogen and oxygen atoms in total. The molecule has 0 spiro atoms. The number of hydrogen-bond donors (Lipinski definition) is 1. The summed E-state index contributed by atoms with van der Waals surface area (Å²) in [5, 5.41) is 3.58. The van der Waals surface area contributed by atoms with Crippen LogP contribution in [0.5, 0.6) is 0 Å². The van der Waals surface area contributed by atoms with Gasteiger partial charge in [0.05, 0.1) is 16.7 Å². The van der Waals surface area contributed by atoms with Crippen LogP contribution in [-0.2, 0) is 11.3 Å². The highest BCUT2D eigenvalue weighted by atomic mass is 35.5. The Balaban J connectivity index is 1.30. The van der Waals surface area contributed by atoms with E-state index in [1.54, 1.807) is 18.2 Å². The zero-order chi connectivity index (χ0) is 18.8. The first-order chi connectivity index (χ1) is 13.1. The molecule has 2 aromatic carbocycles. The Morgan fingerprint density at radius 3 is 2.70 bits per heavy atom. The number of carbonyl (C=O) groups is 1. The molecular formula is C21H22Cl2N2O2. The quantitative estimate of drug-likeness (QED) is 0.719. The van der Waals surface area contributed by atoms with Crippen LogP contribution in [0, 0.1) is 11.8 Å². The number of nitrogens with zero attached hydrogens (tertiary/aromatic N) is 1. The van der Waals surface area contributed by atoms with Crippen molar-refractivity contribution in [1.82, 2.24) is 4.90 Å². The second kappa shape index (κ2) is 8.09. The van der Waals surface area contributed by atoms with E-state index in [-0.39, 0.29) is 0 Å². The molecule has 27 heavy (non-hydrogen) atoms. The number of benzene rings is 2. The highest BCUT2D eigenvalue weighted by molar-refractivity contribution is 6.42. The summed E-state index contributed by atoms with van der Waals surface area (Å²) in [6.45, 7) is 2.50. The molecule has 2 aliphatic rings. The zero-order valence-electron chi connectivity index (χ0n) is 14.9. The smallest absolute Gasteiger partial charge is 0.411 e. The molecule has 1 aliphatic carbocycles. The fourth-order valence-electron chi connectivity index (χ4n) is 4.39. The van der Waals surface area contributed by atoms with E-state index in [1.807, 2.05) is 6.07 Å². The number of anilines is 1. The van der Waals surface area contributed by atoms with Crippen LogP contribution < -0.4 is 5.32 Å². The Labute approximate surface area is 169 Å². The van der Waals surface area contributed by atoms with Crippen molar-refractivity contribution in [3.8, 4) is 0 Å². The molecule has 3 atom stereocenters. The fraction of sp³-hybridized carbons (Fsp3) is 0.381. The van der Waals surface area contributed by atoms with Crippen molar-refractivity contribution >= 4 is 35.0 Å². The van der Waals surface area contributed by atoms with E-state index in [0.717, 1.165) is 13.1 Å². The molecule has 1 N–H and O–H groups in total. The molecule has 1 heterocycles. The summed E-state index contributed by atoms with van der Waals surface area (Å²) in [4.78, 5) is 14.7. The maximum Gasteiger partial charge on any atom is 0.411 e. The first-order valence-electron chi connectivity index (χ1n) is 9.27. The lowest BCUT2D eigenvalue weighted by Crippen LogP contribution is -2.33. The first-order valence-corrected chi connectivity index (χ1v) is 10.0. The van der Waals surface area contributed by atoms with E-state index in [4.69, 9.17) is 27.9 Å². The Kier molecular flexibility index (Phi) is 5.58. The Hall–Kier alpha value is -1.75. The van der Waals surface area contributed by atoms with Gasteiger partial charge in [-0.3, -0.25) is 10.2 Å². The third kappa shape index (κ3) is 4.23. The van der Waals surface area contributed by atoms with Crippen LogP contribution >= 0.6 is 23.2 Å². The summed E-state index contributed by atoms with van der Waals surface area (Å²) in [5.74, 6) is 1.02. The minimum Gasteiger partial charge on any atom is -0.449 e. The van der Waals surface area contributed by atoms with Gasteiger partial charge >= 0.3 is 6.09 Å². The van der Waals surface area contributed by atoms with Crippen molar-refractivity contribution in [2.45, 2.75) is 25.4 Å². The number of likely N-dealkylation sites (tertiary alicyclic amines) is 1. The summed E-state index contributed by atoms with van der Waals surface area (Å²) in [6, 6.07) is 16.0. The van der Waals surface area contributed by atoms with Crippen molar-refractivity contribution in [2.24, 2.45) is 11.8 Å². The number of piperidine rings is 1. The number of hydrogen-bond acceptors (Lipinski definition) is 3. The maximum atomic E-state index is 12.1. The zero-order valence-corrected chi connectivity index (χ0v) is 16.4. The molecule has 0 radical (unpaired) electrons. The van der Waals surface area contributed by atoms with Gasteiger partial charge in [-0.25, -0.2) is 4.79 Å². The molecular weight excluding hydrogens is 383 g/mol. The van der Waals surface area contributed by atoms with Crippen LogP contribution in [0.15, 0.2) is 48.5 Å². The van der Waals surface area contributed by atoms with Crippen molar-refractivity contribution in [1.29, 1.82) is 0 Å². The molecule has 1 amide bonds. The summed E-state index contributed by atoms with van der Waals surface area (Å²) >= 11 is 11.9. The topological polar surface area (TPSA) is 41.6 Å². The molecule has 1 aliphatic heterocycles. The van der Waals surface area contributed by atoms with Gasteiger partial charge in [-0.2, -0.15) is 0 Å². The molecule has 2 bridgehead atoms. The van der Waals surface area contributed by atoms with E-state index in [9.17, 15) is 4.79 Å². The monoisotopic (exact) mass is 404 g/mol. The van der Waals surface area contributed by atoms with E-state index >= 15 is 0 Å². The maximum absolute atomic E-state index is 12.1. The number of nitrogens with one attached hydrogen (secondary N) is 1. The van der Waals surface area contributed by atoms with Gasteiger partial charge in [0.15, 0.2) is 0 Å². The number of ether oxygens (including phenoxy) is 1. The molecule has 3 unspecified atom stereocenters. The minimum absolute atomic E-state index is 0.403. The van der Waals surface area contributed by atoms with Crippen LogP contribution in [0.4, 0.5) is 10.5 Å². The summed E-state index contributed by atoms with van der Waals surface area (Å²) in [6.07, 6.45) is 1.95. The highest BCUT2D eigenvalue weighted by Crippen LogP contribution is 2.43. The fourth-order valence-corrected chi connectivity index (χ4v) is 4.69. The van der Waals surface area contributed by atoms with E-state index in [2.05, 4.69) is 34.5 Å². The lowest BCUT2D eigenvalue weighted by atomic mass is 9.99. The lowest BCUT2D eigenvalue weighted by molar-refractivity contribution is 0.125. The summed E-state index contributed by atoms with van der Waals surface area (Å²) in [5.41, 5.74) is 1.91. The Bertz CT molecular complexity index is 815. The third-order valence-electron chi connectivity index (χ3n) is 5.67. The summed E-state index contributed by atoms with van der Waals surface area (Å²) in [7, 11) is 0. The standard InChI is InChI=1S/C21H22Cl2N2O2/c22-18-8-7-16(10-19(18)23)24-21(26)27-13-17-15-6-9-20(17)25(12-15)11-14-4-2-1-3-5-14/h1-5,7-8,10,15,17,20H,6,9,11-13H2,(H,24,26). The highest BCUT2D eigenvalue weighted by Gasteiger charge is 2.46. The number of rotatable bonds is 5. The van der Waals surface area contributed by atoms with Gasteiger partial charge in [-0.1, -0.05) is 53.5 Å². The molecule has 0 aromatic heterocycles. The Morgan fingerprint density at radius 2 is 1.93 bits per heavy atom. The van der Waals surface area contributed by atoms with E-state index in [1.165, 1.54) is 18.4 Å². The van der Waals surface area contributed by atoms with Crippen molar-refractivity contribution in [3.05, 3.63) is 64.1 Å². The lowest BCUT2D eigenvalue weighted by Gasteiger charge is -2.27. The number of amides is 1. The van der Waals surface area contributed by atoms with Gasteiger partial charge in [0, 0.05) is 30.7 Å². The average molecular weight is 405 g/mol. The van der Waals surface area contributed by atoms with E-state index < -0.39 is 6.09 Å². The molecule has 1 saturated carbocycles. The molecule has 4 rings (SSSR count). The number of halogens is 2. The number of fused-ring (bicyclic) bond motifs is 2. The largest absolute Gasteiger partial charge is 0.449 e. The minimum atomic E-state index is -0.450. The van der Waals surface area contributed by atoms with Crippen LogP contribution in [-0.4, -0.2) is 30.2 Å². The van der Waals surface area contributed by atoms with Gasteiger partial charge in [-0.15, -0.1) is 0 Å².